The molecule has 5 heteroatoms. The molecule has 0 aromatic heterocycles. The Kier molecular flexibility index (Phi) is 16.4. The standard InChI is InChI=1S/2C20H19P.2ClH.Pd/c2*1-16-10-6-8-14-19(16)21(18-12-4-3-5-13-18)20-15-9-7-11-17(20)2;;;/h2*3-15H,1-2H3;2*1H;/q;;;;+2/p-2. The maximum absolute atomic E-state index is 2.28. The minimum atomic E-state index is -0.488. The molecule has 232 valence electrons. The van der Waals surface area contributed by atoms with E-state index in [-0.39, 0.29) is 45.2 Å². The molecule has 0 heterocycles. The molecule has 0 atom stereocenters. The molecule has 0 aliphatic carbocycles. The van der Waals surface area contributed by atoms with Gasteiger partial charge in [-0.2, -0.15) is 0 Å². The fourth-order valence-corrected chi connectivity index (χ4v) is 10.4. The molecule has 0 saturated carbocycles. The van der Waals surface area contributed by atoms with E-state index in [1.165, 1.54) is 54.1 Å². The topological polar surface area (TPSA) is 0 Å². The van der Waals surface area contributed by atoms with Crippen LogP contribution in [0.5, 0.6) is 0 Å². The molecule has 0 bridgehead atoms. The van der Waals surface area contributed by atoms with E-state index in [1.807, 2.05) is 0 Å². The van der Waals surface area contributed by atoms with Gasteiger partial charge in [0, 0.05) is 0 Å². The first-order valence-electron chi connectivity index (χ1n) is 14.5. The van der Waals surface area contributed by atoms with E-state index >= 15 is 0 Å². The summed E-state index contributed by atoms with van der Waals surface area (Å²) in [6.07, 6.45) is 0. The minimum Gasteiger partial charge on any atom is -1.00 e. The largest absolute Gasteiger partial charge is 2.00 e. The molecule has 0 N–H and O–H groups in total. The SMILES string of the molecule is Cc1ccccc1P(c1ccccc1)c1ccccc1C.Cc1ccccc1P(c1ccccc1)c1ccccc1C.[Cl-].[Cl-].[Pd+2]. The number of halogens is 2. The van der Waals surface area contributed by atoms with Gasteiger partial charge in [-0.3, -0.25) is 0 Å². The van der Waals surface area contributed by atoms with Gasteiger partial charge in [-0.15, -0.1) is 0 Å². The Balaban J connectivity index is 0.000000294. The van der Waals surface area contributed by atoms with E-state index in [0.717, 1.165) is 0 Å². The Morgan fingerprint density at radius 2 is 0.489 bits per heavy atom. The second-order valence-electron chi connectivity index (χ2n) is 10.5. The van der Waals surface area contributed by atoms with Gasteiger partial charge in [0.2, 0.25) is 0 Å². The number of hydrogen-bond donors (Lipinski definition) is 0. The Morgan fingerprint density at radius 1 is 0.289 bits per heavy atom. The van der Waals surface area contributed by atoms with Crippen LogP contribution >= 0.6 is 15.8 Å². The van der Waals surface area contributed by atoms with Gasteiger partial charge in [0.25, 0.3) is 0 Å². The molecule has 0 unspecified atom stereocenters. The number of benzene rings is 6. The van der Waals surface area contributed by atoms with Crippen LogP contribution in [0.3, 0.4) is 0 Å². The van der Waals surface area contributed by atoms with Crippen LogP contribution < -0.4 is 56.6 Å². The van der Waals surface area contributed by atoms with Gasteiger partial charge in [0.1, 0.15) is 0 Å². The fourth-order valence-electron chi connectivity index (χ4n) is 5.23. The molecule has 6 rings (SSSR count). The Bertz CT molecular complexity index is 1520. The Labute approximate surface area is 298 Å². The number of aryl methyl sites for hydroxylation is 4. The Hall–Kier alpha value is -2.58. The smallest absolute Gasteiger partial charge is 1.00 e. The third kappa shape index (κ3) is 9.71. The van der Waals surface area contributed by atoms with Crippen molar-refractivity contribution in [3.8, 4) is 0 Å². The molecule has 0 spiro atoms. The van der Waals surface area contributed by atoms with Crippen LogP contribution in [0.4, 0.5) is 0 Å². The molecule has 6 aromatic rings. The van der Waals surface area contributed by atoms with Crippen molar-refractivity contribution in [3.63, 3.8) is 0 Å². The zero-order valence-corrected chi connectivity index (χ0v) is 30.8. The fraction of sp³-hybridized carbons (Fsp3) is 0.100. The first-order valence-corrected chi connectivity index (χ1v) is 17.2. The van der Waals surface area contributed by atoms with E-state index in [2.05, 4.69) is 185 Å². The van der Waals surface area contributed by atoms with Crippen LogP contribution in [-0.2, 0) is 20.4 Å². The average molecular weight is 758 g/mol. The van der Waals surface area contributed by atoms with Crippen LogP contribution in [0.2, 0.25) is 0 Å². The van der Waals surface area contributed by atoms with Gasteiger partial charge < -0.3 is 24.8 Å². The molecular formula is C40H38Cl2P2Pd. The summed E-state index contributed by atoms with van der Waals surface area (Å²) >= 11 is 0. The van der Waals surface area contributed by atoms with Crippen molar-refractivity contribution in [1.29, 1.82) is 0 Å². The van der Waals surface area contributed by atoms with Crippen LogP contribution in [0.1, 0.15) is 22.3 Å². The van der Waals surface area contributed by atoms with Gasteiger partial charge in [-0.25, -0.2) is 0 Å². The van der Waals surface area contributed by atoms with Gasteiger partial charge in [-0.05, 0) is 97.6 Å². The summed E-state index contributed by atoms with van der Waals surface area (Å²) in [6, 6.07) is 56.8. The molecule has 0 aliphatic rings. The van der Waals surface area contributed by atoms with E-state index in [9.17, 15) is 0 Å². The molecule has 45 heavy (non-hydrogen) atoms. The second-order valence-corrected chi connectivity index (χ2v) is 14.8. The molecule has 0 nitrogen and oxygen atoms in total. The predicted octanol–water partition coefficient (Wildman–Crippen LogP) is 2.13. The van der Waals surface area contributed by atoms with E-state index < -0.39 is 15.8 Å². The maximum atomic E-state index is 2.28. The summed E-state index contributed by atoms with van der Waals surface area (Å²) in [4.78, 5) is 0. The minimum absolute atomic E-state index is 0. The number of rotatable bonds is 6. The maximum Gasteiger partial charge on any atom is 2.00 e. The zero-order valence-electron chi connectivity index (χ0n) is 26.0. The van der Waals surface area contributed by atoms with Crippen LogP contribution in [0.15, 0.2) is 158 Å². The van der Waals surface area contributed by atoms with Gasteiger partial charge >= 0.3 is 20.4 Å². The average Bonchev–Trinajstić information content (AvgIpc) is 3.03. The van der Waals surface area contributed by atoms with Crippen molar-refractivity contribution in [2.45, 2.75) is 27.7 Å². The number of hydrogen-bond acceptors (Lipinski definition) is 0. The van der Waals surface area contributed by atoms with Crippen molar-refractivity contribution in [2.24, 2.45) is 0 Å². The van der Waals surface area contributed by atoms with Gasteiger partial charge in [0.05, 0.1) is 0 Å². The van der Waals surface area contributed by atoms with E-state index in [4.69, 9.17) is 0 Å². The van der Waals surface area contributed by atoms with Crippen molar-refractivity contribution in [3.05, 3.63) is 180 Å². The van der Waals surface area contributed by atoms with Crippen LogP contribution in [0.25, 0.3) is 0 Å². The summed E-state index contributed by atoms with van der Waals surface area (Å²) in [7, 11) is -0.975. The molecular weight excluding hydrogens is 720 g/mol. The first-order chi connectivity index (χ1) is 20.5. The molecule has 0 radical (unpaired) electrons. The zero-order chi connectivity index (χ0) is 29.3. The van der Waals surface area contributed by atoms with Crippen LogP contribution in [-0.4, -0.2) is 0 Å². The molecule has 0 fully saturated rings. The normalized spacial score (nSPS) is 10.1. The quantitative estimate of drug-likeness (QED) is 0.181. The first kappa shape index (κ1) is 38.6. The second kappa shape index (κ2) is 19.2. The van der Waals surface area contributed by atoms with E-state index in [0.29, 0.717) is 0 Å². The molecule has 0 amide bonds. The van der Waals surface area contributed by atoms with E-state index in [1.54, 1.807) is 0 Å². The third-order valence-electron chi connectivity index (χ3n) is 7.45. The van der Waals surface area contributed by atoms with Crippen molar-refractivity contribution >= 4 is 47.7 Å². The summed E-state index contributed by atoms with van der Waals surface area (Å²) < 4.78 is 0. The molecule has 0 saturated heterocycles. The summed E-state index contributed by atoms with van der Waals surface area (Å²) in [5.74, 6) is 0. The summed E-state index contributed by atoms with van der Waals surface area (Å²) in [5, 5.41) is 8.63. The summed E-state index contributed by atoms with van der Waals surface area (Å²) in [5.41, 5.74) is 5.48. The molecule has 0 aliphatic heterocycles. The van der Waals surface area contributed by atoms with Gasteiger partial charge in [-0.1, -0.05) is 158 Å². The van der Waals surface area contributed by atoms with Crippen molar-refractivity contribution < 1.29 is 45.2 Å². The van der Waals surface area contributed by atoms with Crippen LogP contribution in [0, 0.1) is 27.7 Å². The van der Waals surface area contributed by atoms with Crippen molar-refractivity contribution in [1.82, 2.24) is 0 Å². The van der Waals surface area contributed by atoms with Crippen molar-refractivity contribution in [2.75, 3.05) is 0 Å². The summed E-state index contributed by atoms with van der Waals surface area (Å²) in [6.45, 7) is 8.86. The Morgan fingerprint density at radius 3 is 0.711 bits per heavy atom. The monoisotopic (exact) mass is 756 g/mol. The third-order valence-corrected chi connectivity index (χ3v) is 13.0. The molecule has 6 aromatic carbocycles. The van der Waals surface area contributed by atoms with Gasteiger partial charge in [0.15, 0.2) is 0 Å². The predicted molar refractivity (Wildman–Crippen MR) is 189 cm³/mol.